The van der Waals surface area contributed by atoms with Gasteiger partial charge in [-0.25, -0.2) is 0 Å². The van der Waals surface area contributed by atoms with E-state index in [1.807, 2.05) is 6.92 Å². The van der Waals surface area contributed by atoms with Crippen molar-refractivity contribution in [3.63, 3.8) is 0 Å². The smallest absolute Gasteiger partial charge is 0.302 e. The van der Waals surface area contributed by atoms with E-state index in [9.17, 15) is 4.79 Å². The molecule has 0 aromatic carbocycles. The Morgan fingerprint density at radius 1 is 1.33 bits per heavy atom. The van der Waals surface area contributed by atoms with Crippen molar-refractivity contribution in [2.24, 2.45) is 11.3 Å². The molecule has 15 heavy (non-hydrogen) atoms. The molecule has 0 aliphatic carbocycles. The summed E-state index contributed by atoms with van der Waals surface area (Å²) >= 11 is 0. The summed E-state index contributed by atoms with van der Waals surface area (Å²) in [6.07, 6.45) is -0.0958. The van der Waals surface area contributed by atoms with Crippen molar-refractivity contribution in [3.05, 3.63) is 0 Å². The second-order valence-corrected chi connectivity index (χ2v) is 4.90. The first kappa shape index (κ1) is 14.4. The number of carbonyl (C=O) groups is 1. The summed E-state index contributed by atoms with van der Waals surface area (Å²) in [4.78, 5) is 11.0. The molecule has 1 atom stereocenters. The minimum absolute atomic E-state index is 0.0958. The highest BCUT2D eigenvalue weighted by atomic mass is 16.5. The molecule has 0 fully saturated rings. The molecular formula is C12H24O3. The minimum Gasteiger partial charge on any atom is -0.462 e. The number of carbonyl (C=O) groups excluding carboxylic acids is 1. The van der Waals surface area contributed by atoms with Crippen LogP contribution in [0.15, 0.2) is 0 Å². The Labute approximate surface area is 93.1 Å². The van der Waals surface area contributed by atoms with E-state index in [2.05, 4.69) is 27.7 Å². The maximum Gasteiger partial charge on any atom is 0.302 e. The molecule has 0 saturated heterocycles. The topological polar surface area (TPSA) is 35.5 Å². The zero-order valence-corrected chi connectivity index (χ0v) is 10.8. The molecule has 0 spiro atoms. The number of esters is 1. The molecule has 0 amide bonds. The van der Waals surface area contributed by atoms with Crippen molar-refractivity contribution in [1.82, 2.24) is 0 Å². The van der Waals surface area contributed by atoms with Gasteiger partial charge in [-0.1, -0.05) is 27.7 Å². The molecule has 0 aromatic heterocycles. The predicted octanol–water partition coefficient (Wildman–Crippen LogP) is 2.64. The molecule has 0 aliphatic heterocycles. The van der Waals surface area contributed by atoms with Gasteiger partial charge in [-0.3, -0.25) is 4.79 Å². The van der Waals surface area contributed by atoms with Crippen molar-refractivity contribution < 1.29 is 14.3 Å². The van der Waals surface area contributed by atoms with Crippen LogP contribution in [-0.2, 0) is 14.3 Å². The van der Waals surface area contributed by atoms with Crippen LogP contribution in [0.4, 0.5) is 0 Å². The van der Waals surface area contributed by atoms with Crippen LogP contribution >= 0.6 is 0 Å². The standard InChI is InChI=1S/C12H24O3/c1-7-14-8-12(5,6)11(9(2)3)15-10(4)13/h9,11H,7-8H2,1-6H3. The molecule has 3 nitrogen and oxygen atoms in total. The van der Waals surface area contributed by atoms with E-state index >= 15 is 0 Å². The van der Waals surface area contributed by atoms with Crippen LogP contribution in [0.5, 0.6) is 0 Å². The summed E-state index contributed by atoms with van der Waals surface area (Å²) in [5.41, 5.74) is -0.143. The van der Waals surface area contributed by atoms with Gasteiger partial charge in [-0.2, -0.15) is 0 Å². The number of ether oxygens (including phenoxy) is 2. The van der Waals surface area contributed by atoms with Gasteiger partial charge in [0, 0.05) is 18.9 Å². The average Bonchev–Trinajstić information content (AvgIpc) is 2.10. The van der Waals surface area contributed by atoms with Gasteiger partial charge in [0.25, 0.3) is 0 Å². The largest absolute Gasteiger partial charge is 0.462 e. The molecule has 0 aromatic rings. The molecule has 3 heteroatoms. The zero-order valence-electron chi connectivity index (χ0n) is 10.8. The lowest BCUT2D eigenvalue weighted by molar-refractivity contribution is -0.159. The van der Waals surface area contributed by atoms with Crippen LogP contribution in [0.3, 0.4) is 0 Å². The summed E-state index contributed by atoms with van der Waals surface area (Å²) in [6.45, 7) is 13.0. The fourth-order valence-corrected chi connectivity index (χ4v) is 1.82. The molecule has 0 radical (unpaired) electrons. The van der Waals surface area contributed by atoms with Gasteiger partial charge in [-0.15, -0.1) is 0 Å². The molecule has 0 aliphatic rings. The van der Waals surface area contributed by atoms with Crippen molar-refractivity contribution in [3.8, 4) is 0 Å². The SMILES string of the molecule is CCOCC(C)(C)C(OC(C)=O)C(C)C. The highest BCUT2D eigenvalue weighted by Crippen LogP contribution is 2.29. The Balaban J connectivity index is 4.50. The summed E-state index contributed by atoms with van der Waals surface area (Å²) in [5, 5.41) is 0. The summed E-state index contributed by atoms with van der Waals surface area (Å²) in [6, 6.07) is 0. The van der Waals surface area contributed by atoms with Crippen molar-refractivity contribution in [1.29, 1.82) is 0 Å². The number of hydrogen-bond acceptors (Lipinski definition) is 3. The molecular weight excluding hydrogens is 192 g/mol. The van der Waals surface area contributed by atoms with E-state index in [1.54, 1.807) is 0 Å². The first-order valence-electron chi connectivity index (χ1n) is 5.56. The summed E-state index contributed by atoms with van der Waals surface area (Å²) in [5.74, 6) is 0.0719. The lowest BCUT2D eigenvalue weighted by Gasteiger charge is -2.35. The predicted molar refractivity (Wildman–Crippen MR) is 60.7 cm³/mol. The Kier molecular flexibility index (Phi) is 5.88. The zero-order chi connectivity index (χ0) is 12.1. The van der Waals surface area contributed by atoms with Crippen molar-refractivity contribution in [2.75, 3.05) is 13.2 Å². The monoisotopic (exact) mass is 216 g/mol. The second kappa shape index (κ2) is 6.11. The van der Waals surface area contributed by atoms with E-state index in [4.69, 9.17) is 9.47 Å². The minimum atomic E-state index is -0.224. The Morgan fingerprint density at radius 3 is 2.20 bits per heavy atom. The molecule has 0 N–H and O–H groups in total. The van der Waals surface area contributed by atoms with Gasteiger partial charge < -0.3 is 9.47 Å². The van der Waals surface area contributed by atoms with Gasteiger partial charge in [0.2, 0.25) is 0 Å². The van der Waals surface area contributed by atoms with Crippen molar-refractivity contribution >= 4 is 5.97 Å². The highest BCUT2D eigenvalue weighted by Gasteiger charge is 2.34. The quantitative estimate of drug-likeness (QED) is 0.640. The van der Waals surface area contributed by atoms with Gasteiger partial charge >= 0.3 is 5.97 Å². The van der Waals surface area contributed by atoms with E-state index < -0.39 is 0 Å². The van der Waals surface area contributed by atoms with Crippen LogP contribution < -0.4 is 0 Å². The van der Waals surface area contributed by atoms with Crippen LogP contribution in [0.25, 0.3) is 0 Å². The Hall–Kier alpha value is -0.570. The molecule has 1 unspecified atom stereocenters. The van der Waals surface area contributed by atoms with Crippen LogP contribution in [-0.4, -0.2) is 25.3 Å². The first-order chi connectivity index (χ1) is 6.81. The first-order valence-corrected chi connectivity index (χ1v) is 5.56. The third kappa shape index (κ3) is 5.17. The Morgan fingerprint density at radius 2 is 1.87 bits per heavy atom. The summed E-state index contributed by atoms with van der Waals surface area (Å²) < 4.78 is 10.8. The Bertz CT molecular complexity index is 197. The van der Waals surface area contributed by atoms with E-state index in [0.717, 1.165) is 0 Å². The van der Waals surface area contributed by atoms with E-state index in [-0.39, 0.29) is 17.5 Å². The average molecular weight is 216 g/mol. The maximum atomic E-state index is 11.0. The van der Waals surface area contributed by atoms with Gasteiger partial charge in [0.05, 0.1) is 6.61 Å². The fourth-order valence-electron chi connectivity index (χ4n) is 1.82. The lowest BCUT2D eigenvalue weighted by atomic mass is 9.81. The van der Waals surface area contributed by atoms with E-state index in [1.165, 1.54) is 6.92 Å². The van der Waals surface area contributed by atoms with Gasteiger partial charge in [0.1, 0.15) is 6.10 Å². The van der Waals surface area contributed by atoms with Gasteiger partial charge in [-0.05, 0) is 12.8 Å². The van der Waals surface area contributed by atoms with Gasteiger partial charge in [0.15, 0.2) is 0 Å². The number of rotatable bonds is 6. The molecule has 0 heterocycles. The third-order valence-electron chi connectivity index (χ3n) is 2.35. The molecule has 0 saturated carbocycles. The molecule has 90 valence electrons. The van der Waals surface area contributed by atoms with Crippen LogP contribution in [0.2, 0.25) is 0 Å². The third-order valence-corrected chi connectivity index (χ3v) is 2.35. The second-order valence-electron chi connectivity index (χ2n) is 4.90. The lowest BCUT2D eigenvalue weighted by Crippen LogP contribution is -2.40. The molecule has 0 rings (SSSR count). The van der Waals surface area contributed by atoms with Crippen LogP contribution in [0.1, 0.15) is 41.5 Å². The van der Waals surface area contributed by atoms with Crippen molar-refractivity contribution in [2.45, 2.75) is 47.6 Å². The maximum absolute atomic E-state index is 11.0. The normalized spacial score (nSPS) is 14.1. The fraction of sp³-hybridized carbons (Fsp3) is 0.917. The van der Waals surface area contributed by atoms with Crippen LogP contribution in [0, 0.1) is 11.3 Å². The molecule has 0 bridgehead atoms. The van der Waals surface area contributed by atoms with E-state index in [0.29, 0.717) is 19.1 Å². The number of hydrogen-bond donors (Lipinski definition) is 0. The highest BCUT2D eigenvalue weighted by molar-refractivity contribution is 5.66. The summed E-state index contributed by atoms with van der Waals surface area (Å²) in [7, 11) is 0.